The molecule has 0 aliphatic heterocycles. The van der Waals surface area contributed by atoms with E-state index in [9.17, 15) is 4.79 Å². The number of carboxylic acids is 1. The van der Waals surface area contributed by atoms with E-state index in [0.29, 0.717) is 5.69 Å². The summed E-state index contributed by atoms with van der Waals surface area (Å²) in [6, 6.07) is 1.62. The number of hydrogen-bond donors (Lipinski definition) is 1. The molecule has 0 bridgehead atoms. The van der Waals surface area contributed by atoms with Gasteiger partial charge in [0.05, 0.1) is 0 Å². The third kappa shape index (κ3) is 1.95. The lowest BCUT2D eigenvalue weighted by Crippen LogP contribution is -2.11. The van der Waals surface area contributed by atoms with Gasteiger partial charge in [-0.1, -0.05) is 0 Å². The molecule has 0 saturated carbocycles. The zero-order valence-corrected chi connectivity index (χ0v) is 9.19. The molecule has 90 valence electrons. The zero-order chi connectivity index (χ0) is 12.4. The van der Waals surface area contributed by atoms with Gasteiger partial charge >= 0.3 is 5.97 Å². The lowest BCUT2D eigenvalue weighted by molar-refractivity contribution is -0.109. The first-order valence-corrected chi connectivity index (χ1v) is 4.68. The Morgan fingerprint density at radius 2 is 2.18 bits per heavy atom. The molecule has 2 rings (SSSR count). The molecule has 0 aromatic carbocycles. The molecule has 2 heterocycles. The van der Waals surface area contributed by atoms with Crippen molar-refractivity contribution in [1.29, 1.82) is 0 Å². The highest BCUT2D eigenvalue weighted by molar-refractivity contribution is 5.83. The van der Waals surface area contributed by atoms with Gasteiger partial charge < -0.3 is 14.6 Å². The zero-order valence-electron chi connectivity index (χ0n) is 9.19. The van der Waals surface area contributed by atoms with Crippen LogP contribution in [-0.2, 0) is 9.47 Å². The number of ether oxygens (including phenoxy) is 2. The Hall–Kier alpha value is -2.06. The van der Waals surface area contributed by atoms with Gasteiger partial charge in [-0.3, -0.25) is 0 Å². The van der Waals surface area contributed by atoms with E-state index in [1.54, 1.807) is 6.07 Å². The first kappa shape index (κ1) is 11.4. The highest BCUT2D eigenvalue weighted by Crippen LogP contribution is 2.16. The average Bonchev–Trinajstić information content (AvgIpc) is 2.75. The molecule has 0 amide bonds. The molecule has 1 N–H and O–H groups in total. The third-order valence-electron chi connectivity index (χ3n) is 2.13. The van der Waals surface area contributed by atoms with Crippen LogP contribution in [0.5, 0.6) is 0 Å². The normalized spacial score (nSPS) is 11.2. The molecule has 0 fully saturated rings. The van der Waals surface area contributed by atoms with E-state index < -0.39 is 12.3 Å². The predicted octanol–water partition coefficient (Wildman–Crippen LogP) is 0.114. The summed E-state index contributed by atoms with van der Waals surface area (Å²) in [6.45, 7) is 0. The van der Waals surface area contributed by atoms with E-state index in [4.69, 9.17) is 14.6 Å². The highest BCUT2D eigenvalue weighted by atomic mass is 16.7. The fraction of sp³-hybridized carbons (Fsp3) is 0.333. The molecule has 0 atom stereocenters. The number of fused-ring (bicyclic) bond motifs is 1. The Balaban J connectivity index is 2.60. The summed E-state index contributed by atoms with van der Waals surface area (Å²) in [6.07, 6.45) is 0.819. The van der Waals surface area contributed by atoms with Gasteiger partial charge in [-0.25, -0.2) is 9.78 Å². The highest BCUT2D eigenvalue weighted by Gasteiger charge is 2.18. The standard InChI is InChI=1S/C9H10N4O4/c1-16-8(17-2)5-3-4-10-9-11-6(7(14)15)12-13(5)9/h3-4,8H,1-2H3,(H,14,15). The maximum atomic E-state index is 10.8. The second kappa shape index (κ2) is 4.44. The van der Waals surface area contributed by atoms with Gasteiger partial charge in [0.15, 0.2) is 0 Å². The van der Waals surface area contributed by atoms with Crippen molar-refractivity contribution in [3.05, 3.63) is 23.8 Å². The quantitative estimate of drug-likeness (QED) is 0.755. The van der Waals surface area contributed by atoms with Crippen molar-refractivity contribution in [3.63, 3.8) is 0 Å². The Bertz CT molecular complexity index is 549. The molecule has 0 aliphatic rings. The number of carboxylic acid groups (broad SMARTS) is 1. The van der Waals surface area contributed by atoms with E-state index in [1.165, 1.54) is 24.9 Å². The van der Waals surface area contributed by atoms with Crippen molar-refractivity contribution in [2.24, 2.45) is 0 Å². The van der Waals surface area contributed by atoms with Crippen LogP contribution in [0.2, 0.25) is 0 Å². The fourth-order valence-corrected chi connectivity index (χ4v) is 1.42. The molecule has 0 aliphatic carbocycles. The van der Waals surface area contributed by atoms with Crippen molar-refractivity contribution in [2.45, 2.75) is 6.29 Å². The second-order valence-corrected chi connectivity index (χ2v) is 3.13. The van der Waals surface area contributed by atoms with Crippen molar-refractivity contribution >= 4 is 11.7 Å². The number of aromatic nitrogens is 4. The molecular weight excluding hydrogens is 228 g/mol. The summed E-state index contributed by atoms with van der Waals surface area (Å²) in [5, 5.41) is 12.6. The van der Waals surface area contributed by atoms with Crippen LogP contribution in [0.1, 0.15) is 22.6 Å². The minimum absolute atomic E-state index is 0.180. The maximum Gasteiger partial charge on any atom is 0.375 e. The number of hydrogen-bond acceptors (Lipinski definition) is 6. The Labute approximate surface area is 95.8 Å². The van der Waals surface area contributed by atoms with Crippen LogP contribution < -0.4 is 0 Å². The van der Waals surface area contributed by atoms with Gasteiger partial charge in [0.25, 0.3) is 11.6 Å². The summed E-state index contributed by atoms with van der Waals surface area (Å²) >= 11 is 0. The van der Waals surface area contributed by atoms with Gasteiger partial charge in [-0.15, -0.1) is 5.10 Å². The van der Waals surface area contributed by atoms with Gasteiger partial charge in [0.2, 0.25) is 6.29 Å². The van der Waals surface area contributed by atoms with Crippen LogP contribution >= 0.6 is 0 Å². The summed E-state index contributed by atoms with van der Waals surface area (Å²) in [4.78, 5) is 18.4. The predicted molar refractivity (Wildman–Crippen MR) is 54.5 cm³/mol. The minimum atomic E-state index is -1.21. The first-order valence-electron chi connectivity index (χ1n) is 4.68. The summed E-state index contributed by atoms with van der Waals surface area (Å²) in [5.74, 6) is -1.36. The number of carbonyl (C=O) groups is 1. The van der Waals surface area contributed by atoms with E-state index in [1.807, 2.05) is 0 Å². The van der Waals surface area contributed by atoms with E-state index in [-0.39, 0.29) is 11.6 Å². The van der Waals surface area contributed by atoms with Crippen molar-refractivity contribution < 1.29 is 19.4 Å². The van der Waals surface area contributed by atoms with Crippen molar-refractivity contribution in [2.75, 3.05) is 14.2 Å². The molecule has 0 saturated heterocycles. The smallest absolute Gasteiger partial charge is 0.375 e. The van der Waals surface area contributed by atoms with Gasteiger partial charge in [0, 0.05) is 20.4 Å². The van der Waals surface area contributed by atoms with E-state index in [0.717, 1.165) is 0 Å². The van der Waals surface area contributed by atoms with Crippen LogP contribution in [0, 0.1) is 0 Å². The number of aromatic carboxylic acids is 1. The Kier molecular flexibility index (Phi) is 2.98. The number of nitrogens with zero attached hydrogens (tertiary/aromatic N) is 4. The molecule has 2 aromatic rings. The van der Waals surface area contributed by atoms with Crippen LogP contribution in [0.4, 0.5) is 0 Å². The first-order chi connectivity index (χ1) is 8.17. The SMILES string of the molecule is COC(OC)c1ccnc2nc(C(=O)O)nn12. The summed E-state index contributed by atoms with van der Waals surface area (Å²) in [7, 11) is 2.94. The average molecular weight is 238 g/mol. The summed E-state index contributed by atoms with van der Waals surface area (Å²) < 4.78 is 11.4. The lowest BCUT2D eigenvalue weighted by atomic mass is 10.4. The molecule has 0 radical (unpaired) electrons. The van der Waals surface area contributed by atoms with Crippen LogP contribution in [0.3, 0.4) is 0 Å². The van der Waals surface area contributed by atoms with Gasteiger partial charge in [0.1, 0.15) is 5.69 Å². The largest absolute Gasteiger partial charge is 0.475 e. The summed E-state index contributed by atoms with van der Waals surface area (Å²) in [5.41, 5.74) is 0.514. The molecule has 0 unspecified atom stereocenters. The molecule has 0 spiro atoms. The van der Waals surface area contributed by atoms with Crippen LogP contribution in [0.25, 0.3) is 5.78 Å². The molecular formula is C9H10N4O4. The van der Waals surface area contributed by atoms with E-state index >= 15 is 0 Å². The number of methoxy groups -OCH3 is 2. The second-order valence-electron chi connectivity index (χ2n) is 3.13. The minimum Gasteiger partial charge on any atom is -0.475 e. The van der Waals surface area contributed by atoms with Crippen LogP contribution in [0.15, 0.2) is 12.3 Å². The lowest BCUT2D eigenvalue weighted by Gasteiger charge is -2.13. The van der Waals surface area contributed by atoms with Crippen molar-refractivity contribution in [3.8, 4) is 0 Å². The molecule has 8 heteroatoms. The monoisotopic (exact) mass is 238 g/mol. The van der Waals surface area contributed by atoms with Crippen molar-refractivity contribution in [1.82, 2.24) is 19.6 Å². The van der Waals surface area contributed by atoms with Crippen LogP contribution in [-0.4, -0.2) is 44.9 Å². The topological polar surface area (TPSA) is 98.8 Å². The van der Waals surface area contributed by atoms with Gasteiger partial charge in [-0.05, 0) is 6.07 Å². The Morgan fingerprint density at radius 1 is 1.47 bits per heavy atom. The maximum absolute atomic E-state index is 10.8. The molecule has 2 aromatic heterocycles. The fourth-order valence-electron chi connectivity index (χ4n) is 1.42. The van der Waals surface area contributed by atoms with E-state index in [2.05, 4.69) is 15.1 Å². The van der Waals surface area contributed by atoms with Gasteiger partial charge in [-0.2, -0.15) is 9.50 Å². The Morgan fingerprint density at radius 3 is 2.76 bits per heavy atom. The number of rotatable bonds is 4. The molecule has 17 heavy (non-hydrogen) atoms. The molecule has 8 nitrogen and oxygen atoms in total. The third-order valence-corrected chi connectivity index (χ3v) is 2.13.